The molecule has 68 heavy (non-hydrogen) atoms. The molecule has 4 nitrogen and oxygen atoms in total. The van der Waals surface area contributed by atoms with Crippen molar-refractivity contribution in [3.63, 3.8) is 0 Å². The molecule has 0 saturated heterocycles. The molecule has 0 aliphatic rings. The summed E-state index contributed by atoms with van der Waals surface area (Å²) in [7, 11) is 0. The van der Waals surface area contributed by atoms with Crippen LogP contribution in [0, 0.1) is 0 Å². The minimum atomic E-state index is 0.667. The molecule has 0 fully saturated rings. The maximum Gasteiger partial charge on any atom is 0.160 e. The summed E-state index contributed by atoms with van der Waals surface area (Å²) in [5.41, 5.74) is 18.2. The minimum absolute atomic E-state index is 0.667. The highest BCUT2D eigenvalue weighted by Gasteiger charge is 2.23. The molecule has 10 aromatic carbocycles. The number of hydrogen-bond acceptors (Lipinski definition) is 2. The van der Waals surface area contributed by atoms with Crippen molar-refractivity contribution in [2.24, 2.45) is 0 Å². The van der Waals surface area contributed by atoms with Crippen molar-refractivity contribution >= 4 is 43.6 Å². The van der Waals surface area contributed by atoms with Crippen LogP contribution in [0.5, 0.6) is 0 Å². The van der Waals surface area contributed by atoms with E-state index in [-0.39, 0.29) is 0 Å². The Morgan fingerprint density at radius 1 is 0.235 bits per heavy atom. The van der Waals surface area contributed by atoms with Gasteiger partial charge in [-0.1, -0.05) is 206 Å². The van der Waals surface area contributed by atoms with Crippen molar-refractivity contribution < 1.29 is 0 Å². The minimum Gasteiger partial charge on any atom is -0.309 e. The summed E-state index contributed by atoms with van der Waals surface area (Å²) >= 11 is 0. The molecule has 0 saturated carbocycles. The smallest absolute Gasteiger partial charge is 0.160 e. The zero-order valence-electron chi connectivity index (χ0n) is 37.0. The first-order valence-corrected chi connectivity index (χ1v) is 23.2. The Hall–Kier alpha value is -9.12. The van der Waals surface area contributed by atoms with Gasteiger partial charge in [-0.05, 0) is 76.3 Å². The van der Waals surface area contributed by atoms with E-state index < -0.39 is 0 Å². The lowest BCUT2D eigenvalue weighted by molar-refractivity contribution is 1.16. The van der Waals surface area contributed by atoms with Gasteiger partial charge in [0.25, 0.3) is 0 Å². The van der Waals surface area contributed by atoms with Gasteiger partial charge in [0.1, 0.15) is 0 Å². The first-order chi connectivity index (χ1) is 33.7. The summed E-state index contributed by atoms with van der Waals surface area (Å²) in [4.78, 5) is 11.1. The van der Waals surface area contributed by atoms with Crippen molar-refractivity contribution in [2.45, 2.75) is 0 Å². The topological polar surface area (TPSA) is 35.6 Å². The second-order valence-corrected chi connectivity index (χ2v) is 17.4. The Morgan fingerprint density at radius 2 is 0.603 bits per heavy atom. The van der Waals surface area contributed by atoms with Crippen LogP contribution in [0.1, 0.15) is 0 Å². The summed E-state index contributed by atoms with van der Waals surface area (Å²) < 4.78 is 4.81. The Balaban J connectivity index is 1.05. The third-order valence-corrected chi connectivity index (χ3v) is 13.3. The molecule has 3 aromatic heterocycles. The number of aromatic nitrogens is 4. The normalized spacial score (nSPS) is 11.5. The molecule has 0 spiro atoms. The summed E-state index contributed by atoms with van der Waals surface area (Å²) in [6, 6.07) is 91.1. The molecule has 13 aromatic rings. The van der Waals surface area contributed by atoms with Crippen molar-refractivity contribution in [1.29, 1.82) is 0 Å². The van der Waals surface area contributed by atoms with Crippen LogP contribution >= 0.6 is 0 Å². The van der Waals surface area contributed by atoms with Crippen LogP contribution in [0.25, 0.3) is 122 Å². The number of rotatable bonds is 8. The molecule has 0 radical (unpaired) electrons. The molecule has 0 N–H and O–H groups in total. The number of fused-ring (bicyclic) bond motifs is 6. The Bertz CT molecular complexity index is 3780. The van der Waals surface area contributed by atoms with Crippen LogP contribution in [0.2, 0.25) is 0 Å². The monoisotopic (exact) mass is 866 g/mol. The maximum atomic E-state index is 5.54. The van der Waals surface area contributed by atoms with Gasteiger partial charge in [0.15, 0.2) is 5.82 Å². The summed E-state index contributed by atoms with van der Waals surface area (Å²) in [5, 5.41) is 4.86. The molecule has 0 unspecified atom stereocenters. The lowest BCUT2D eigenvalue weighted by atomic mass is 9.93. The van der Waals surface area contributed by atoms with Gasteiger partial charge in [-0.2, -0.15) is 0 Å². The molecule has 3 heterocycles. The highest BCUT2D eigenvalue weighted by atomic mass is 15.0. The predicted octanol–water partition coefficient (Wildman–Crippen LogP) is 16.7. The van der Waals surface area contributed by atoms with E-state index in [1.807, 2.05) is 6.07 Å². The van der Waals surface area contributed by atoms with Crippen molar-refractivity contribution in [2.75, 3.05) is 0 Å². The number of para-hydroxylation sites is 2. The average molecular weight is 867 g/mol. The van der Waals surface area contributed by atoms with E-state index in [2.05, 4.69) is 258 Å². The SMILES string of the molecule is c1ccc(-c2ccc3c4ccccc4n(-c4cccc(-c5nc(-c6ccccc6)nc(-c6cccc(-n7c8ccccc8c8ccc(-c9ccccc9)cc87)c6)c5-c5ccccc5)c4)c3c2)cc1. The Labute approximate surface area is 394 Å². The van der Waals surface area contributed by atoms with Gasteiger partial charge in [-0.15, -0.1) is 0 Å². The van der Waals surface area contributed by atoms with Gasteiger partial charge in [-0.25, -0.2) is 9.97 Å². The molecular formula is C64H42N4. The highest BCUT2D eigenvalue weighted by molar-refractivity contribution is 6.11. The van der Waals surface area contributed by atoms with Crippen LogP contribution in [-0.4, -0.2) is 19.1 Å². The molecule has 0 bridgehead atoms. The van der Waals surface area contributed by atoms with Crippen molar-refractivity contribution in [1.82, 2.24) is 19.1 Å². The van der Waals surface area contributed by atoms with Gasteiger partial charge in [0.2, 0.25) is 0 Å². The van der Waals surface area contributed by atoms with Gasteiger partial charge in [0, 0.05) is 55.2 Å². The van der Waals surface area contributed by atoms with E-state index in [0.29, 0.717) is 5.82 Å². The zero-order valence-corrected chi connectivity index (χ0v) is 37.0. The molecule has 13 rings (SSSR count). The lowest BCUT2D eigenvalue weighted by Gasteiger charge is -2.18. The van der Waals surface area contributed by atoms with Gasteiger partial charge >= 0.3 is 0 Å². The van der Waals surface area contributed by atoms with Crippen LogP contribution in [0.4, 0.5) is 0 Å². The van der Waals surface area contributed by atoms with E-state index in [4.69, 9.17) is 9.97 Å². The molecule has 0 amide bonds. The van der Waals surface area contributed by atoms with E-state index >= 15 is 0 Å². The van der Waals surface area contributed by atoms with E-state index in [1.54, 1.807) is 0 Å². The van der Waals surface area contributed by atoms with Crippen molar-refractivity contribution in [3.05, 3.63) is 255 Å². The van der Waals surface area contributed by atoms with Crippen LogP contribution < -0.4 is 0 Å². The van der Waals surface area contributed by atoms with Crippen LogP contribution in [0.3, 0.4) is 0 Å². The largest absolute Gasteiger partial charge is 0.309 e. The molecule has 0 atom stereocenters. The second-order valence-electron chi connectivity index (χ2n) is 17.4. The first kappa shape index (κ1) is 39.3. The van der Waals surface area contributed by atoms with Crippen LogP contribution in [-0.2, 0) is 0 Å². The predicted molar refractivity (Wildman–Crippen MR) is 283 cm³/mol. The number of benzene rings is 10. The molecule has 0 aliphatic heterocycles. The fourth-order valence-electron chi connectivity index (χ4n) is 10.2. The number of nitrogens with zero attached hydrogens (tertiary/aromatic N) is 4. The fraction of sp³-hybridized carbons (Fsp3) is 0. The lowest BCUT2D eigenvalue weighted by Crippen LogP contribution is -2.02. The molecule has 0 aliphatic carbocycles. The van der Waals surface area contributed by atoms with Crippen molar-refractivity contribution in [3.8, 4) is 78.7 Å². The van der Waals surface area contributed by atoms with Gasteiger partial charge in [0.05, 0.1) is 33.5 Å². The molecular weight excluding hydrogens is 825 g/mol. The first-order valence-electron chi connectivity index (χ1n) is 23.2. The highest BCUT2D eigenvalue weighted by Crippen LogP contribution is 2.43. The van der Waals surface area contributed by atoms with Crippen LogP contribution in [0.15, 0.2) is 255 Å². The number of hydrogen-bond donors (Lipinski definition) is 0. The third-order valence-electron chi connectivity index (χ3n) is 13.3. The standard InChI is InChI=1S/C64H42N4/c1-5-19-43(20-6-1)47-35-37-55-53-31-13-15-33-57(53)67(59(55)41-47)51-29-17-27-49(39-51)62-61(45-23-9-3-10-24-45)63(66-64(65-62)46-25-11-4-12-26-46)50-28-18-30-52(40-50)68-58-34-16-14-32-54(58)56-38-36-48(42-60(56)68)44-21-7-2-8-22-44/h1-42H. The zero-order chi connectivity index (χ0) is 45.0. The van der Waals surface area contributed by atoms with Gasteiger partial charge in [-0.3, -0.25) is 0 Å². The third kappa shape index (κ3) is 6.69. The second kappa shape index (κ2) is 16.4. The maximum absolute atomic E-state index is 5.54. The summed E-state index contributed by atoms with van der Waals surface area (Å²) in [6.45, 7) is 0. The van der Waals surface area contributed by atoms with E-state index in [0.717, 1.165) is 72.6 Å². The quantitative estimate of drug-likeness (QED) is 0.153. The summed E-state index contributed by atoms with van der Waals surface area (Å²) in [5.74, 6) is 0.667. The van der Waals surface area contributed by atoms with E-state index in [1.165, 1.54) is 43.8 Å². The Morgan fingerprint density at radius 3 is 1.06 bits per heavy atom. The molecule has 318 valence electrons. The van der Waals surface area contributed by atoms with E-state index in [9.17, 15) is 0 Å². The van der Waals surface area contributed by atoms with Gasteiger partial charge < -0.3 is 9.13 Å². The average Bonchev–Trinajstić information content (AvgIpc) is 3.94. The fourth-order valence-corrected chi connectivity index (χ4v) is 10.2. The Kier molecular flexibility index (Phi) is 9.47. The molecule has 4 heteroatoms. The summed E-state index contributed by atoms with van der Waals surface area (Å²) in [6.07, 6.45) is 0.